The molecule has 0 unspecified atom stereocenters. The van der Waals surface area contributed by atoms with E-state index in [2.05, 4.69) is 49.7 Å². The lowest BCUT2D eigenvalue weighted by Gasteiger charge is -2.29. The first-order chi connectivity index (χ1) is 14.1. The molecule has 0 aliphatic carbocycles. The second kappa shape index (κ2) is 7.01. The van der Waals surface area contributed by atoms with Crippen LogP contribution < -0.4 is 9.64 Å². The standard InChI is InChI=1S/C24H22BrN2O2/c1-29-21-13-11-20(12-14-21)27-23-15-6-17-4-2-3-5-22(17)26(23)16-24(27,28)18-7-9-19(25)10-8-18/h2-5,7-14,28H,6,15-16H2,1H3/q+1/t24-/m0/s1. The van der Waals surface area contributed by atoms with Crippen molar-refractivity contribution in [3.05, 3.63) is 88.4 Å². The van der Waals surface area contributed by atoms with Crippen LogP contribution in [0.4, 0.5) is 11.4 Å². The van der Waals surface area contributed by atoms with Crippen LogP contribution in [-0.4, -0.2) is 29.2 Å². The summed E-state index contributed by atoms with van der Waals surface area (Å²) in [6.07, 6.45) is 1.84. The van der Waals surface area contributed by atoms with E-state index in [4.69, 9.17) is 4.74 Å². The van der Waals surface area contributed by atoms with Crippen LogP contribution >= 0.6 is 15.9 Å². The summed E-state index contributed by atoms with van der Waals surface area (Å²) in [6, 6.07) is 24.3. The zero-order chi connectivity index (χ0) is 20.0. The fraction of sp³-hybridized carbons (Fsp3) is 0.208. The van der Waals surface area contributed by atoms with Crippen LogP contribution in [-0.2, 0) is 12.1 Å². The number of aliphatic hydroxyl groups is 1. The number of amidine groups is 1. The van der Waals surface area contributed by atoms with Gasteiger partial charge in [-0.05, 0) is 54.4 Å². The van der Waals surface area contributed by atoms with Gasteiger partial charge in [-0.2, -0.15) is 4.90 Å². The minimum Gasteiger partial charge on any atom is -0.497 e. The number of hydrogen-bond acceptors (Lipinski definition) is 3. The van der Waals surface area contributed by atoms with Crippen molar-refractivity contribution in [1.29, 1.82) is 0 Å². The maximum Gasteiger partial charge on any atom is 0.275 e. The molecule has 0 radical (unpaired) electrons. The first-order valence-corrected chi connectivity index (χ1v) is 10.5. The Balaban J connectivity index is 1.68. The average Bonchev–Trinajstić information content (AvgIpc) is 3.08. The smallest absolute Gasteiger partial charge is 0.275 e. The molecule has 0 saturated carbocycles. The predicted molar refractivity (Wildman–Crippen MR) is 118 cm³/mol. The Morgan fingerprint density at radius 2 is 1.69 bits per heavy atom. The summed E-state index contributed by atoms with van der Waals surface area (Å²) in [7, 11) is 1.66. The highest BCUT2D eigenvalue weighted by Crippen LogP contribution is 2.42. The summed E-state index contributed by atoms with van der Waals surface area (Å²) < 4.78 is 8.60. The van der Waals surface area contributed by atoms with Gasteiger partial charge in [-0.1, -0.05) is 46.3 Å². The molecule has 0 fully saturated rings. The van der Waals surface area contributed by atoms with Crippen molar-refractivity contribution in [2.75, 3.05) is 18.6 Å². The van der Waals surface area contributed by atoms with E-state index in [0.29, 0.717) is 6.54 Å². The van der Waals surface area contributed by atoms with Crippen LogP contribution in [0.3, 0.4) is 0 Å². The molecule has 2 aliphatic heterocycles. The Morgan fingerprint density at radius 3 is 2.41 bits per heavy atom. The fourth-order valence-electron chi connectivity index (χ4n) is 4.45. The van der Waals surface area contributed by atoms with E-state index in [1.807, 2.05) is 48.5 Å². The summed E-state index contributed by atoms with van der Waals surface area (Å²) in [5.41, 5.74) is 3.16. The Kier molecular flexibility index (Phi) is 4.45. The number of ether oxygens (including phenoxy) is 1. The molecule has 5 heteroatoms. The number of nitrogens with zero attached hydrogens (tertiary/aromatic N) is 2. The summed E-state index contributed by atoms with van der Waals surface area (Å²) in [4.78, 5) is 2.09. The lowest BCUT2D eigenvalue weighted by atomic mass is 10.0. The zero-order valence-corrected chi connectivity index (χ0v) is 17.8. The highest BCUT2D eigenvalue weighted by molar-refractivity contribution is 9.10. The summed E-state index contributed by atoms with van der Waals surface area (Å²) in [5.74, 6) is 1.93. The van der Waals surface area contributed by atoms with E-state index in [-0.39, 0.29) is 0 Å². The molecule has 0 bridgehead atoms. The number of fused-ring (bicyclic) bond motifs is 2. The van der Waals surface area contributed by atoms with Gasteiger partial charge in [-0.15, -0.1) is 0 Å². The Morgan fingerprint density at radius 1 is 0.966 bits per heavy atom. The van der Waals surface area contributed by atoms with Crippen molar-refractivity contribution in [3.63, 3.8) is 0 Å². The van der Waals surface area contributed by atoms with Crippen molar-refractivity contribution in [2.45, 2.75) is 18.6 Å². The maximum absolute atomic E-state index is 12.1. The van der Waals surface area contributed by atoms with Gasteiger partial charge in [0, 0.05) is 10.0 Å². The van der Waals surface area contributed by atoms with Crippen LogP contribution in [0.2, 0.25) is 0 Å². The van der Waals surface area contributed by atoms with Crippen molar-refractivity contribution in [2.24, 2.45) is 0 Å². The van der Waals surface area contributed by atoms with Gasteiger partial charge >= 0.3 is 0 Å². The summed E-state index contributed by atoms with van der Waals surface area (Å²) in [5, 5.41) is 12.1. The van der Waals surface area contributed by atoms with E-state index in [9.17, 15) is 5.11 Å². The SMILES string of the molecule is COc1ccc(N2C3=[N+](C[C@]2(O)c2ccc(Br)cc2)c2ccccc2CC3)cc1. The number of hydrogen-bond donors (Lipinski definition) is 1. The second-order valence-corrected chi connectivity index (χ2v) is 8.40. The molecule has 0 aromatic heterocycles. The quantitative estimate of drug-likeness (QED) is 0.582. The maximum atomic E-state index is 12.1. The molecule has 0 amide bonds. The van der Waals surface area contributed by atoms with Crippen LogP contribution in [0.15, 0.2) is 77.3 Å². The third-order valence-electron chi connectivity index (χ3n) is 5.86. The molecule has 0 saturated heterocycles. The van der Waals surface area contributed by atoms with Gasteiger partial charge in [0.2, 0.25) is 0 Å². The van der Waals surface area contributed by atoms with Crippen LogP contribution in [0.5, 0.6) is 5.75 Å². The summed E-state index contributed by atoms with van der Waals surface area (Å²) >= 11 is 3.51. The number of benzene rings is 3. The molecule has 3 aromatic rings. The highest BCUT2D eigenvalue weighted by Gasteiger charge is 2.55. The van der Waals surface area contributed by atoms with Crippen LogP contribution in [0, 0.1) is 0 Å². The van der Waals surface area contributed by atoms with E-state index in [1.165, 1.54) is 11.3 Å². The lowest BCUT2D eigenvalue weighted by Crippen LogP contribution is -2.47. The largest absolute Gasteiger partial charge is 0.497 e. The molecular formula is C24H22BrN2O2+. The van der Waals surface area contributed by atoms with Crippen molar-refractivity contribution >= 4 is 33.1 Å². The van der Waals surface area contributed by atoms with Gasteiger partial charge in [0.05, 0.1) is 13.5 Å². The zero-order valence-electron chi connectivity index (χ0n) is 16.2. The minimum absolute atomic E-state index is 0.479. The number of aryl methyl sites for hydroxylation is 1. The summed E-state index contributed by atoms with van der Waals surface area (Å²) in [6.45, 7) is 0.479. The van der Waals surface area contributed by atoms with Gasteiger partial charge in [0.15, 0.2) is 6.54 Å². The number of anilines is 1. The molecule has 146 valence electrons. The Labute approximate surface area is 178 Å². The first kappa shape index (κ1) is 18.4. The number of methoxy groups -OCH3 is 1. The molecule has 1 N–H and O–H groups in total. The van der Waals surface area contributed by atoms with Crippen LogP contribution in [0.1, 0.15) is 17.5 Å². The van der Waals surface area contributed by atoms with Crippen LogP contribution in [0.25, 0.3) is 0 Å². The number of rotatable bonds is 3. The second-order valence-electron chi connectivity index (χ2n) is 7.49. The molecule has 2 aliphatic rings. The number of para-hydroxylation sites is 1. The first-order valence-electron chi connectivity index (χ1n) is 9.74. The van der Waals surface area contributed by atoms with Gasteiger partial charge in [-0.25, -0.2) is 4.58 Å². The third kappa shape index (κ3) is 2.96. The van der Waals surface area contributed by atoms with Gasteiger partial charge in [-0.3, -0.25) is 0 Å². The minimum atomic E-state index is -1.16. The topological polar surface area (TPSA) is 35.7 Å². The highest BCUT2D eigenvalue weighted by atomic mass is 79.9. The molecule has 1 atom stereocenters. The Bertz CT molecular complexity index is 1090. The molecule has 5 rings (SSSR count). The predicted octanol–water partition coefficient (Wildman–Crippen LogP) is 4.81. The molecule has 0 spiro atoms. The van der Waals surface area contributed by atoms with Gasteiger partial charge < -0.3 is 9.84 Å². The molecule has 2 heterocycles. The van der Waals surface area contributed by atoms with E-state index >= 15 is 0 Å². The van der Waals surface area contributed by atoms with Gasteiger partial charge in [0.25, 0.3) is 11.6 Å². The van der Waals surface area contributed by atoms with Crippen molar-refractivity contribution in [3.8, 4) is 5.75 Å². The monoisotopic (exact) mass is 449 g/mol. The van der Waals surface area contributed by atoms with Gasteiger partial charge in [0.1, 0.15) is 17.1 Å². The molecule has 29 heavy (non-hydrogen) atoms. The fourth-order valence-corrected chi connectivity index (χ4v) is 4.72. The van der Waals surface area contributed by atoms with Crippen molar-refractivity contribution < 1.29 is 14.4 Å². The van der Waals surface area contributed by atoms with E-state index < -0.39 is 5.72 Å². The Hall–Kier alpha value is -2.63. The molecular weight excluding hydrogens is 428 g/mol. The number of halogens is 1. The molecule has 4 nitrogen and oxygen atoms in total. The van der Waals surface area contributed by atoms with E-state index in [0.717, 1.165) is 40.2 Å². The third-order valence-corrected chi connectivity index (χ3v) is 6.38. The van der Waals surface area contributed by atoms with Crippen molar-refractivity contribution in [1.82, 2.24) is 0 Å². The van der Waals surface area contributed by atoms with E-state index in [1.54, 1.807) is 7.11 Å². The normalized spacial score (nSPS) is 20.4. The lowest BCUT2D eigenvalue weighted by molar-refractivity contribution is -0.453. The average molecular weight is 450 g/mol. The molecule has 3 aromatic carbocycles.